The molecule has 6 heteroatoms. The van der Waals surface area contributed by atoms with Gasteiger partial charge < -0.3 is 14.4 Å². The molecule has 4 aromatic rings. The van der Waals surface area contributed by atoms with Gasteiger partial charge in [-0.2, -0.15) is 0 Å². The Balaban J connectivity index is 1.27. The first kappa shape index (κ1) is 25.2. The Labute approximate surface area is 221 Å². The summed E-state index contributed by atoms with van der Waals surface area (Å²) >= 11 is 0. The summed E-state index contributed by atoms with van der Waals surface area (Å²) in [5.74, 6) is -0.471. The second-order valence-corrected chi connectivity index (χ2v) is 9.26. The number of halogens is 1. The van der Waals surface area contributed by atoms with Gasteiger partial charge in [0.15, 0.2) is 0 Å². The average Bonchev–Trinajstić information content (AvgIpc) is 2.96. The van der Waals surface area contributed by atoms with E-state index >= 15 is 0 Å². The molecule has 1 saturated heterocycles. The number of carbonyl (C=O) groups excluding carboxylic acids is 2. The minimum Gasteiger partial charge on any atom is -0.489 e. The van der Waals surface area contributed by atoms with E-state index < -0.39 is 0 Å². The van der Waals surface area contributed by atoms with Gasteiger partial charge in [0.25, 0.3) is 0 Å². The van der Waals surface area contributed by atoms with Gasteiger partial charge in [-0.15, -0.1) is 0 Å². The fourth-order valence-electron chi connectivity index (χ4n) is 4.69. The molecule has 0 N–H and O–H groups in total. The monoisotopic (exact) mass is 509 g/mol. The first-order valence-electron chi connectivity index (χ1n) is 12.6. The van der Waals surface area contributed by atoms with Gasteiger partial charge in [0.1, 0.15) is 24.8 Å². The molecule has 192 valence electrons. The highest BCUT2D eigenvalue weighted by atomic mass is 19.1. The number of benzene rings is 4. The number of amides is 1. The van der Waals surface area contributed by atoms with Crippen LogP contribution in [0.2, 0.25) is 0 Å². The van der Waals surface area contributed by atoms with E-state index in [1.165, 1.54) is 12.1 Å². The van der Waals surface area contributed by atoms with E-state index in [-0.39, 0.29) is 42.7 Å². The fourth-order valence-corrected chi connectivity index (χ4v) is 4.69. The zero-order valence-electron chi connectivity index (χ0n) is 20.8. The van der Waals surface area contributed by atoms with Crippen LogP contribution < -0.4 is 9.64 Å². The predicted molar refractivity (Wildman–Crippen MR) is 143 cm³/mol. The van der Waals surface area contributed by atoms with Gasteiger partial charge >= 0.3 is 5.97 Å². The summed E-state index contributed by atoms with van der Waals surface area (Å²) in [5, 5.41) is 0. The Kier molecular flexibility index (Phi) is 7.78. The number of ether oxygens (including phenoxy) is 2. The highest BCUT2D eigenvalue weighted by molar-refractivity contribution is 6.03. The second kappa shape index (κ2) is 11.7. The maximum Gasteiger partial charge on any atom is 0.306 e. The van der Waals surface area contributed by atoms with Gasteiger partial charge in [0.2, 0.25) is 5.91 Å². The molecule has 2 atom stereocenters. The van der Waals surface area contributed by atoms with E-state index in [4.69, 9.17) is 9.47 Å². The molecule has 0 aliphatic carbocycles. The van der Waals surface area contributed by atoms with E-state index in [0.29, 0.717) is 18.7 Å². The third kappa shape index (κ3) is 5.92. The molecule has 1 amide bonds. The number of rotatable bonds is 10. The van der Waals surface area contributed by atoms with E-state index in [2.05, 4.69) is 0 Å². The van der Waals surface area contributed by atoms with Gasteiger partial charge in [-0.05, 0) is 59.5 Å². The third-order valence-corrected chi connectivity index (χ3v) is 6.69. The maximum atomic E-state index is 13.5. The Morgan fingerprint density at radius 1 is 0.763 bits per heavy atom. The van der Waals surface area contributed by atoms with Crippen LogP contribution in [-0.4, -0.2) is 11.9 Å². The molecule has 1 aliphatic heterocycles. The van der Waals surface area contributed by atoms with Crippen LogP contribution in [-0.2, 0) is 27.5 Å². The Hall–Kier alpha value is -4.45. The standard InChI is InChI=1S/C32H28FNO4/c33-26-13-15-27(16-14-26)34-31(25-11-17-28(18-12-25)37-21-23-7-3-1-4-8-23)29(32(34)36)19-20-30(35)38-22-24-9-5-2-6-10-24/h1-18,29,31H,19-22H2/t29-,31-/m1/s1. The molecule has 1 heterocycles. The summed E-state index contributed by atoms with van der Waals surface area (Å²) in [7, 11) is 0. The summed E-state index contributed by atoms with van der Waals surface area (Å²) in [4.78, 5) is 27.3. The van der Waals surface area contributed by atoms with Crippen molar-refractivity contribution in [3.63, 3.8) is 0 Å². The van der Waals surface area contributed by atoms with Gasteiger partial charge in [-0.25, -0.2) is 4.39 Å². The number of hydrogen-bond donors (Lipinski definition) is 0. The van der Waals surface area contributed by atoms with Crippen LogP contribution in [0.5, 0.6) is 5.75 Å². The van der Waals surface area contributed by atoms with Crippen molar-refractivity contribution in [1.82, 2.24) is 0 Å². The normalized spacial score (nSPS) is 16.6. The lowest BCUT2D eigenvalue weighted by Crippen LogP contribution is -2.55. The smallest absolute Gasteiger partial charge is 0.306 e. The van der Waals surface area contributed by atoms with Crippen LogP contribution >= 0.6 is 0 Å². The molecule has 5 nitrogen and oxygen atoms in total. The zero-order valence-corrected chi connectivity index (χ0v) is 20.8. The number of hydrogen-bond acceptors (Lipinski definition) is 4. The molecule has 0 aromatic heterocycles. The predicted octanol–water partition coefficient (Wildman–Crippen LogP) is 6.63. The van der Waals surface area contributed by atoms with E-state index in [1.54, 1.807) is 17.0 Å². The molecule has 0 unspecified atom stereocenters. The minimum absolute atomic E-state index is 0.0955. The van der Waals surface area contributed by atoms with Crippen LogP contribution in [0.1, 0.15) is 35.6 Å². The molecule has 38 heavy (non-hydrogen) atoms. The highest BCUT2D eigenvalue weighted by Crippen LogP contribution is 2.45. The summed E-state index contributed by atoms with van der Waals surface area (Å²) in [6.07, 6.45) is 0.496. The quantitative estimate of drug-likeness (QED) is 0.178. The molecule has 4 aromatic carbocycles. The zero-order chi connectivity index (χ0) is 26.3. The van der Waals surface area contributed by atoms with Crippen LogP contribution in [0.3, 0.4) is 0 Å². The van der Waals surface area contributed by atoms with E-state index in [0.717, 1.165) is 22.4 Å². The molecular weight excluding hydrogens is 481 g/mol. The van der Waals surface area contributed by atoms with Crippen LogP contribution in [0, 0.1) is 11.7 Å². The Bertz CT molecular complexity index is 1360. The van der Waals surface area contributed by atoms with Crippen molar-refractivity contribution in [1.29, 1.82) is 0 Å². The number of β-lactam (4-membered cyclic amide) rings is 1. The van der Waals surface area contributed by atoms with Crippen molar-refractivity contribution in [2.75, 3.05) is 4.90 Å². The van der Waals surface area contributed by atoms with Crippen LogP contribution in [0.4, 0.5) is 10.1 Å². The number of esters is 1. The lowest BCUT2D eigenvalue weighted by molar-refractivity contribution is -0.145. The molecular formula is C32H28FNO4. The molecule has 0 spiro atoms. The lowest BCUT2D eigenvalue weighted by Gasteiger charge is -2.47. The van der Waals surface area contributed by atoms with Gasteiger partial charge in [0, 0.05) is 12.1 Å². The minimum atomic E-state index is -0.389. The third-order valence-electron chi connectivity index (χ3n) is 6.69. The summed E-state index contributed by atoms with van der Waals surface area (Å²) < 4.78 is 24.9. The van der Waals surface area contributed by atoms with E-state index in [1.807, 2.05) is 84.9 Å². The first-order chi connectivity index (χ1) is 18.6. The number of anilines is 1. The lowest BCUT2D eigenvalue weighted by atomic mass is 9.79. The van der Waals surface area contributed by atoms with Crippen LogP contribution in [0.15, 0.2) is 109 Å². The van der Waals surface area contributed by atoms with Crippen molar-refractivity contribution < 1.29 is 23.5 Å². The number of carbonyl (C=O) groups is 2. The number of nitrogens with zero attached hydrogens (tertiary/aromatic N) is 1. The van der Waals surface area contributed by atoms with Crippen molar-refractivity contribution in [3.05, 3.63) is 132 Å². The maximum absolute atomic E-state index is 13.5. The van der Waals surface area contributed by atoms with E-state index in [9.17, 15) is 14.0 Å². The van der Waals surface area contributed by atoms with Crippen LogP contribution in [0.25, 0.3) is 0 Å². The summed E-state index contributed by atoms with van der Waals surface area (Å²) in [6.45, 7) is 0.658. The molecule has 0 saturated carbocycles. The van der Waals surface area contributed by atoms with Crippen molar-refractivity contribution in [3.8, 4) is 5.75 Å². The second-order valence-electron chi connectivity index (χ2n) is 9.26. The Morgan fingerprint density at radius 2 is 1.37 bits per heavy atom. The summed E-state index contributed by atoms with van der Waals surface area (Å²) in [6, 6.07) is 32.6. The molecule has 1 fully saturated rings. The largest absolute Gasteiger partial charge is 0.489 e. The SMILES string of the molecule is O=C(CC[C@H]1C(=O)N(c2ccc(F)cc2)[C@@H]1c1ccc(OCc2ccccc2)cc1)OCc1ccccc1. The van der Waals surface area contributed by atoms with Gasteiger partial charge in [0.05, 0.1) is 12.0 Å². The summed E-state index contributed by atoms with van der Waals surface area (Å²) in [5.41, 5.74) is 3.52. The van der Waals surface area contributed by atoms with Crippen molar-refractivity contribution in [2.45, 2.75) is 32.1 Å². The molecule has 1 aliphatic rings. The van der Waals surface area contributed by atoms with Gasteiger partial charge in [-0.1, -0.05) is 72.8 Å². The molecule has 0 bridgehead atoms. The van der Waals surface area contributed by atoms with Crippen molar-refractivity contribution >= 4 is 17.6 Å². The average molecular weight is 510 g/mol. The van der Waals surface area contributed by atoms with Crippen molar-refractivity contribution in [2.24, 2.45) is 5.92 Å². The molecule has 5 rings (SSSR count). The first-order valence-corrected chi connectivity index (χ1v) is 12.6. The van der Waals surface area contributed by atoms with Gasteiger partial charge in [-0.3, -0.25) is 9.59 Å². The Morgan fingerprint density at radius 3 is 2.00 bits per heavy atom. The highest BCUT2D eigenvalue weighted by Gasteiger charge is 2.48. The topological polar surface area (TPSA) is 55.8 Å². The fraction of sp³-hybridized carbons (Fsp3) is 0.188. The molecule has 0 radical (unpaired) electrons.